The average molecular weight is 250 g/mol. The van der Waals surface area contributed by atoms with Crippen molar-refractivity contribution in [3.8, 4) is 0 Å². The maximum absolute atomic E-state index is 8.58. The molecule has 2 heterocycles. The molecule has 1 aliphatic heterocycles. The third kappa shape index (κ3) is 2.70. The van der Waals surface area contributed by atoms with E-state index < -0.39 is 0 Å². The van der Waals surface area contributed by atoms with Crippen molar-refractivity contribution in [2.24, 2.45) is 10.9 Å². The summed E-state index contributed by atoms with van der Waals surface area (Å²) >= 11 is 0. The number of morpholine rings is 1. The minimum absolute atomic E-state index is 0.0717. The van der Waals surface area contributed by atoms with Gasteiger partial charge in [-0.3, -0.25) is 0 Å². The van der Waals surface area contributed by atoms with Gasteiger partial charge in [0, 0.05) is 24.8 Å². The lowest BCUT2D eigenvalue weighted by Crippen LogP contribution is -2.42. The van der Waals surface area contributed by atoms with Crippen LogP contribution in [0.4, 0.5) is 5.82 Å². The number of ether oxygens (including phenoxy) is 1. The Bertz CT molecular complexity index is 419. The average Bonchev–Trinajstić information content (AvgIpc) is 2.46. The van der Waals surface area contributed by atoms with E-state index in [1.54, 1.807) is 12.3 Å². The van der Waals surface area contributed by atoms with Gasteiger partial charge < -0.3 is 20.6 Å². The summed E-state index contributed by atoms with van der Waals surface area (Å²) in [5.41, 5.74) is 6.11. The topological polar surface area (TPSA) is 84.0 Å². The monoisotopic (exact) mass is 250 g/mol. The predicted octanol–water partition coefficient (Wildman–Crippen LogP) is 0.791. The number of hydrogen-bond donors (Lipinski definition) is 2. The minimum Gasteiger partial charge on any atom is -0.409 e. The minimum atomic E-state index is 0.0717. The normalized spacial score (nSPS) is 21.1. The molecule has 0 aliphatic carbocycles. The molecule has 1 aliphatic rings. The Labute approximate surface area is 106 Å². The Hall–Kier alpha value is -1.82. The fourth-order valence-corrected chi connectivity index (χ4v) is 1.96. The fourth-order valence-electron chi connectivity index (χ4n) is 1.96. The summed E-state index contributed by atoms with van der Waals surface area (Å²) in [6.45, 7) is 4.53. The van der Waals surface area contributed by atoms with E-state index in [0.717, 1.165) is 31.9 Å². The van der Waals surface area contributed by atoms with E-state index in [9.17, 15) is 0 Å². The highest BCUT2D eigenvalue weighted by molar-refractivity contribution is 5.96. The molecule has 2 rings (SSSR count). The quantitative estimate of drug-likeness (QED) is 0.358. The first kappa shape index (κ1) is 12.6. The van der Waals surface area contributed by atoms with Crippen molar-refractivity contribution < 1.29 is 9.94 Å². The molecule has 1 aromatic heterocycles. The van der Waals surface area contributed by atoms with Crippen LogP contribution in [0, 0.1) is 0 Å². The van der Waals surface area contributed by atoms with Gasteiger partial charge in [-0.05, 0) is 18.6 Å². The van der Waals surface area contributed by atoms with Gasteiger partial charge in [-0.15, -0.1) is 0 Å². The molecule has 18 heavy (non-hydrogen) atoms. The molecule has 0 saturated carbocycles. The van der Waals surface area contributed by atoms with Crippen LogP contribution in [0.5, 0.6) is 0 Å². The van der Waals surface area contributed by atoms with Crippen molar-refractivity contribution in [3.63, 3.8) is 0 Å². The Morgan fingerprint density at radius 1 is 1.67 bits per heavy atom. The Morgan fingerprint density at radius 2 is 2.50 bits per heavy atom. The molecule has 1 unspecified atom stereocenters. The maximum atomic E-state index is 8.58. The number of aromatic nitrogens is 1. The first-order valence-corrected chi connectivity index (χ1v) is 6.05. The first-order valence-electron chi connectivity index (χ1n) is 6.05. The van der Waals surface area contributed by atoms with Crippen LogP contribution >= 0.6 is 0 Å². The van der Waals surface area contributed by atoms with Crippen molar-refractivity contribution in [1.29, 1.82) is 0 Å². The highest BCUT2D eigenvalue weighted by atomic mass is 16.5. The van der Waals surface area contributed by atoms with E-state index in [0.29, 0.717) is 5.56 Å². The van der Waals surface area contributed by atoms with Crippen LogP contribution in [0.3, 0.4) is 0 Å². The van der Waals surface area contributed by atoms with E-state index in [4.69, 9.17) is 15.7 Å². The standard InChI is InChI=1S/C12H18N4O2/c1-2-10-8-16(5-6-18-10)11-4-3-9(7-14-11)12(13)15-17/h3-4,7,10,17H,2,5-6,8H2,1H3,(H2,13,15). The van der Waals surface area contributed by atoms with Gasteiger partial charge in [0.1, 0.15) is 5.82 Å². The van der Waals surface area contributed by atoms with Gasteiger partial charge in [0.15, 0.2) is 5.84 Å². The molecule has 1 saturated heterocycles. The van der Waals surface area contributed by atoms with Gasteiger partial charge in [-0.25, -0.2) is 4.98 Å². The summed E-state index contributed by atoms with van der Waals surface area (Å²) in [5.74, 6) is 0.966. The van der Waals surface area contributed by atoms with Gasteiger partial charge >= 0.3 is 0 Å². The molecular weight excluding hydrogens is 232 g/mol. The van der Waals surface area contributed by atoms with Gasteiger partial charge in [-0.2, -0.15) is 0 Å². The van der Waals surface area contributed by atoms with E-state index in [1.807, 2.05) is 6.07 Å². The zero-order valence-corrected chi connectivity index (χ0v) is 10.4. The fraction of sp³-hybridized carbons (Fsp3) is 0.500. The van der Waals surface area contributed by atoms with Crippen molar-refractivity contribution in [1.82, 2.24) is 4.98 Å². The molecule has 98 valence electrons. The molecule has 6 heteroatoms. The third-order valence-electron chi connectivity index (χ3n) is 3.07. The van der Waals surface area contributed by atoms with Crippen LogP contribution in [0.15, 0.2) is 23.5 Å². The lowest BCUT2D eigenvalue weighted by molar-refractivity contribution is 0.0382. The molecule has 6 nitrogen and oxygen atoms in total. The number of anilines is 1. The zero-order chi connectivity index (χ0) is 13.0. The number of pyridine rings is 1. The lowest BCUT2D eigenvalue weighted by Gasteiger charge is -2.33. The molecule has 1 aromatic rings. The first-order chi connectivity index (χ1) is 8.74. The Balaban J connectivity index is 2.09. The Kier molecular flexibility index (Phi) is 3.99. The van der Waals surface area contributed by atoms with Crippen LogP contribution in [-0.4, -0.2) is 41.8 Å². The van der Waals surface area contributed by atoms with Gasteiger partial charge in [0.25, 0.3) is 0 Å². The second-order valence-electron chi connectivity index (χ2n) is 4.24. The van der Waals surface area contributed by atoms with Crippen molar-refractivity contribution in [2.45, 2.75) is 19.4 Å². The lowest BCUT2D eigenvalue weighted by atomic mass is 10.2. The summed E-state index contributed by atoms with van der Waals surface area (Å²) in [6.07, 6.45) is 2.88. The second kappa shape index (κ2) is 5.68. The third-order valence-corrected chi connectivity index (χ3v) is 3.07. The van der Waals surface area contributed by atoms with Gasteiger partial charge in [0.2, 0.25) is 0 Å². The summed E-state index contributed by atoms with van der Waals surface area (Å²) in [4.78, 5) is 6.53. The number of rotatable bonds is 3. The van der Waals surface area contributed by atoms with Crippen molar-refractivity contribution in [3.05, 3.63) is 23.9 Å². The molecule has 0 bridgehead atoms. The summed E-state index contributed by atoms with van der Waals surface area (Å²) in [7, 11) is 0. The maximum Gasteiger partial charge on any atom is 0.171 e. The summed E-state index contributed by atoms with van der Waals surface area (Å²) in [5, 5.41) is 11.5. The van der Waals surface area contributed by atoms with Crippen LogP contribution in [-0.2, 0) is 4.74 Å². The summed E-state index contributed by atoms with van der Waals surface area (Å²) in [6, 6.07) is 3.68. The highest BCUT2D eigenvalue weighted by Gasteiger charge is 2.19. The molecule has 0 aromatic carbocycles. The van der Waals surface area contributed by atoms with Crippen LogP contribution in [0.2, 0.25) is 0 Å². The van der Waals surface area contributed by atoms with Crippen LogP contribution in [0.1, 0.15) is 18.9 Å². The van der Waals surface area contributed by atoms with E-state index >= 15 is 0 Å². The van der Waals surface area contributed by atoms with Crippen molar-refractivity contribution in [2.75, 3.05) is 24.6 Å². The number of hydrogen-bond acceptors (Lipinski definition) is 5. The smallest absolute Gasteiger partial charge is 0.171 e. The molecule has 1 fully saturated rings. The van der Waals surface area contributed by atoms with E-state index in [-0.39, 0.29) is 11.9 Å². The molecule has 0 amide bonds. The van der Waals surface area contributed by atoms with E-state index in [1.165, 1.54) is 0 Å². The number of nitrogens with two attached hydrogens (primary N) is 1. The zero-order valence-electron chi connectivity index (χ0n) is 10.4. The molecular formula is C12H18N4O2. The van der Waals surface area contributed by atoms with Crippen LogP contribution in [0.25, 0.3) is 0 Å². The van der Waals surface area contributed by atoms with Crippen LogP contribution < -0.4 is 10.6 Å². The largest absolute Gasteiger partial charge is 0.409 e. The molecule has 1 atom stereocenters. The van der Waals surface area contributed by atoms with Gasteiger partial charge in [-0.1, -0.05) is 12.1 Å². The SMILES string of the molecule is CCC1CN(c2ccc(/C(N)=N/O)cn2)CCO1. The van der Waals surface area contributed by atoms with Crippen molar-refractivity contribution >= 4 is 11.7 Å². The van der Waals surface area contributed by atoms with Gasteiger partial charge in [0.05, 0.1) is 12.7 Å². The Morgan fingerprint density at radius 3 is 3.11 bits per heavy atom. The number of nitrogens with zero attached hydrogens (tertiary/aromatic N) is 3. The second-order valence-corrected chi connectivity index (χ2v) is 4.24. The molecule has 0 radical (unpaired) electrons. The van der Waals surface area contributed by atoms with E-state index in [2.05, 4.69) is 22.0 Å². The summed E-state index contributed by atoms with van der Waals surface area (Å²) < 4.78 is 5.62. The highest BCUT2D eigenvalue weighted by Crippen LogP contribution is 2.16. The molecule has 3 N–H and O–H groups in total. The number of amidine groups is 1. The predicted molar refractivity (Wildman–Crippen MR) is 69.0 cm³/mol. The number of oxime groups is 1. The molecule has 0 spiro atoms.